The average molecular weight is 419 g/mol. The fourth-order valence-electron chi connectivity index (χ4n) is 3.74. The van der Waals surface area contributed by atoms with Crippen LogP contribution in [0.2, 0.25) is 0 Å². The molecular formula is C23H27F2NO4. The molecule has 0 unspecified atom stereocenters. The molecule has 30 heavy (non-hydrogen) atoms. The number of carbonyl (C=O) groups is 1. The van der Waals surface area contributed by atoms with Gasteiger partial charge in [-0.1, -0.05) is 19.9 Å². The number of amides is 1. The maximum atomic E-state index is 13.3. The molecule has 1 heterocycles. The molecule has 1 amide bonds. The van der Waals surface area contributed by atoms with Crippen LogP contribution in [0.5, 0.6) is 11.5 Å². The fraction of sp³-hybridized carbons (Fsp3) is 0.435. The van der Waals surface area contributed by atoms with Gasteiger partial charge in [0.25, 0.3) is 5.91 Å². The Labute approximate surface area is 175 Å². The number of hydrogen-bond donors (Lipinski definition) is 1. The van der Waals surface area contributed by atoms with Crippen molar-refractivity contribution in [2.45, 2.75) is 38.4 Å². The molecule has 1 fully saturated rings. The molecule has 1 N–H and O–H groups in total. The molecule has 162 valence electrons. The molecule has 0 spiro atoms. The second-order valence-corrected chi connectivity index (χ2v) is 8.10. The topological polar surface area (TPSA) is 59.0 Å². The highest BCUT2D eigenvalue weighted by Crippen LogP contribution is 2.32. The molecule has 7 heteroatoms. The molecule has 0 radical (unpaired) electrons. The van der Waals surface area contributed by atoms with Gasteiger partial charge in [-0.05, 0) is 55.2 Å². The van der Waals surface area contributed by atoms with Gasteiger partial charge in [0.2, 0.25) is 0 Å². The Hall–Kier alpha value is -2.67. The van der Waals surface area contributed by atoms with Crippen LogP contribution in [0.3, 0.4) is 0 Å². The second-order valence-electron chi connectivity index (χ2n) is 8.10. The molecule has 0 aliphatic carbocycles. The number of benzene rings is 2. The van der Waals surface area contributed by atoms with Crippen molar-refractivity contribution in [3.63, 3.8) is 0 Å². The molecule has 0 aromatic heterocycles. The maximum Gasteiger partial charge on any atom is 0.260 e. The molecule has 5 nitrogen and oxygen atoms in total. The van der Waals surface area contributed by atoms with E-state index in [1.165, 1.54) is 42.5 Å². The van der Waals surface area contributed by atoms with Crippen molar-refractivity contribution in [1.82, 2.24) is 4.90 Å². The first kappa shape index (κ1) is 22.0. The van der Waals surface area contributed by atoms with Gasteiger partial charge in [0, 0.05) is 12.6 Å². The van der Waals surface area contributed by atoms with E-state index in [0.717, 1.165) is 0 Å². The quantitative estimate of drug-likeness (QED) is 0.742. The molecular weight excluding hydrogens is 392 g/mol. The Morgan fingerprint density at radius 3 is 2.57 bits per heavy atom. The Balaban J connectivity index is 1.68. The highest BCUT2D eigenvalue weighted by molar-refractivity contribution is 5.78. The van der Waals surface area contributed by atoms with Crippen molar-refractivity contribution < 1.29 is 28.2 Å². The second kappa shape index (κ2) is 9.43. The lowest BCUT2D eigenvalue weighted by Gasteiger charge is -2.45. The monoisotopic (exact) mass is 419 g/mol. The lowest BCUT2D eigenvalue weighted by Crippen LogP contribution is -2.60. The number of halogens is 2. The van der Waals surface area contributed by atoms with Gasteiger partial charge >= 0.3 is 0 Å². The van der Waals surface area contributed by atoms with E-state index in [1.54, 1.807) is 11.0 Å². The van der Waals surface area contributed by atoms with Crippen molar-refractivity contribution in [1.29, 1.82) is 0 Å². The predicted octanol–water partition coefficient (Wildman–Crippen LogP) is 3.80. The van der Waals surface area contributed by atoms with E-state index >= 15 is 0 Å². The number of carbonyl (C=O) groups excluding carboxylic acids is 1. The van der Waals surface area contributed by atoms with Gasteiger partial charge in [-0.25, -0.2) is 8.78 Å². The molecule has 2 aromatic rings. The van der Waals surface area contributed by atoms with E-state index in [1.807, 2.05) is 13.8 Å². The van der Waals surface area contributed by atoms with Crippen molar-refractivity contribution in [3.8, 4) is 11.5 Å². The standard InChI is InChI=1S/C23H27F2NO4/c1-16(2)13-23(28)10-11-26(14-21(23)30-19-8-6-17(24)7-9-19)22(27)15-29-20-5-3-4-18(25)12-20/h3-9,12,16,21,28H,10-11,13-15H2,1-2H3/t21-,23+/m0/s1. The number of piperidine rings is 1. The Kier molecular flexibility index (Phi) is 6.92. The van der Waals surface area contributed by atoms with Crippen LogP contribution >= 0.6 is 0 Å². The van der Waals surface area contributed by atoms with Crippen LogP contribution in [0, 0.1) is 17.6 Å². The average Bonchev–Trinajstić information content (AvgIpc) is 2.69. The van der Waals surface area contributed by atoms with Gasteiger partial charge in [0.1, 0.15) is 34.8 Å². The van der Waals surface area contributed by atoms with Crippen molar-refractivity contribution in [2.75, 3.05) is 19.7 Å². The van der Waals surface area contributed by atoms with Gasteiger partial charge in [-0.3, -0.25) is 4.79 Å². The predicted molar refractivity (Wildman–Crippen MR) is 108 cm³/mol. The zero-order valence-electron chi connectivity index (χ0n) is 17.2. The minimum atomic E-state index is -1.11. The lowest BCUT2D eigenvalue weighted by atomic mass is 9.81. The maximum absolute atomic E-state index is 13.3. The SMILES string of the molecule is CC(C)C[C@]1(O)CCN(C(=O)COc2cccc(F)c2)C[C@@H]1Oc1ccc(F)cc1. The largest absolute Gasteiger partial charge is 0.486 e. The minimum absolute atomic E-state index is 0.173. The number of hydrogen-bond acceptors (Lipinski definition) is 4. The summed E-state index contributed by atoms with van der Waals surface area (Å²) in [6, 6.07) is 11.2. The van der Waals surface area contributed by atoms with E-state index in [9.17, 15) is 18.7 Å². The Bertz CT molecular complexity index is 859. The summed E-state index contributed by atoms with van der Waals surface area (Å²) >= 11 is 0. The Morgan fingerprint density at radius 1 is 1.17 bits per heavy atom. The summed E-state index contributed by atoms with van der Waals surface area (Å²) < 4.78 is 37.9. The summed E-state index contributed by atoms with van der Waals surface area (Å²) in [5.74, 6) is -0.171. The summed E-state index contributed by atoms with van der Waals surface area (Å²) in [7, 11) is 0. The van der Waals surface area contributed by atoms with Gasteiger partial charge in [-0.2, -0.15) is 0 Å². The first-order chi connectivity index (χ1) is 14.2. The normalized spacial score (nSPS) is 21.5. The summed E-state index contributed by atoms with van der Waals surface area (Å²) in [5.41, 5.74) is -1.11. The van der Waals surface area contributed by atoms with E-state index < -0.39 is 17.5 Å². The number of rotatable bonds is 7. The zero-order valence-corrected chi connectivity index (χ0v) is 17.2. The van der Waals surface area contributed by atoms with Crippen LogP contribution in [0.1, 0.15) is 26.7 Å². The molecule has 0 saturated carbocycles. The molecule has 2 aromatic carbocycles. The van der Waals surface area contributed by atoms with Gasteiger partial charge in [-0.15, -0.1) is 0 Å². The summed E-state index contributed by atoms with van der Waals surface area (Å²) in [4.78, 5) is 14.2. The molecule has 3 rings (SSSR count). The number of ether oxygens (including phenoxy) is 2. The van der Waals surface area contributed by atoms with E-state index in [0.29, 0.717) is 25.1 Å². The van der Waals surface area contributed by atoms with Crippen molar-refractivity contribution in [3.05, 3.63) is 60.2 Å². The minimum Gasteiger partial charge on any atom is -0.486 e. The van der Waals surface area contributed by atoms with Crippen molar-refractivity contribution >= 4 is 5.91 Å². The highest BCUT2D eigenvalue weighted by atomic mass is 19.1. The summed E-state index contributed by atoms with van der Waals surface area (Å²) in [6.07, 6.45) is 0.195. The number of nitrogens with zero attached hydrogens (tertiary/aromatic N) is 1. The van der Waals surface area contributed by atoms with Crippen LogP contribution in [-0.4, -0.2) is 47.3 Å². The highest BCUT2D eigenvalue weighted by Gasteiger charge is 2.44. The molecule has 2 atom stereocenters. The van der Waals surface area contributed by atoms with Crippen LogP contribution in [0.4, 0.5) is 8.78 Å². The van der Waals surface area contributed by atoms with Crippen LogP contribution in [-0.2, 0) is 4.79 Å². The molecule has 0 bridgehead atoms. The van der Waals surface area contributed by atoms with Crippen LogP contribution < -0.4 is 9.47 Å². The number of aliphatic hydroxyl groups is 1. The molecule has 1 aliphatic rings. The lowest BCUT2D eigenvalue weighted by molar-refractivity contribution is -0.150. The van der Waals surface area contributed by atoms with E-state index in [4.69, 9.17) is 9.47 Å². The molecule has 1 aliphatic heterocycles. The first-order valence-corrected chi connectivity index (χ1v) is 10.1. The van der Waals surface area contributed by atoms with Gasteiger partial charge in [0.05, 0.1) is 6.54 Å². The molecule has 1 saturated heterocycles. The van der Waals surface area contributed by atoms with E-state index in [-0.39, 0.29) is 36.5 Å². The van der Waals surface area contributed by atoms with Crippen molar-refractivity contribution in [2.24, 2.45) is 5.92 Å². The van der Waals surface area contributed by atoms with Gasteiger partial charge < -0.3 is 19.5 Å². The zero-order chi connectivity index (χ0) is 21.7. The van der Waals surface area contributed by atoms with Gasteiger partial charge in [0.15, 0.2) is 6.61 Å². The van der Waals surface area contributed by atoms with Crippen LogP contribution in [0.15, 0.2) is 48.5 Å². The number of likely N-dealkylation sites (tertiary alicyclic amines) is 1. The third kappa shape index (κ3) is 5.69. The summed E-state index contributed by atoms with van der Waals surface area (Å²) in [6.45, 7) is 4.31. The van der Waals surface area contributed by atoms with Crippen LogP contribution in [0.25, 0.3) is 0 Å². The Morgan fingerprint density at radius 2 is 1.90 bits per heavy atom. The third-order valence-corrected chi connectivity index (χ3v) is 5.16. The van der Waals surface area contributed by atoms with E-state index in [2.05, 4.69) is 0 Å². The summed E-state index contributed by atoms with van der Waals surface area (Å²) in [5, 5.41) is 11.2. The first-order valence-electron chi connectivity index (χ1n) is 10.1. The third-order valence-electron chi connectivity index (χ3n) is 5.16. The fourth-order valence-corrected chi connectivity index (χ4v) is 3.74. The smallest absolute Gasteiger partial charge is 0.260 e.